The number of likely N-dealkylation sites (N-methyl/N-ethyl adjacent to an activating group) is 1. The van der Waals surface area contributed by atoms with Crippen molar-refractivity contribution in [2.45, 2.75) is 45.3 Å². The van der Waals surface area contributed by atoms with Crippen molar-refractivity contribution in [3.05, 3.63) is 23.8 Å². The average Bonchev–Trinajstić information content (AvgIpc) is 3.55. The number of sulfonamides is 1. The first-order valence-electron chi connectivity index (χ1n) is 11.3. The molecule has 10 heteroatoms. The molecular weight excluding hydrogens is 446 g/mol. The van der Waals surface area contributed by atoms with Crippen molar-refractivity contribution in [2.24, 2.45) is 11.8 Å². The maximum Gasteiger partial charge on any atom is 0.257 e. The molecule has 184 valence electrons. The maximum absolute atomic E-state index is 13.3. The molecule has 1 N–H and O–H groups in total. The fourth-order valence-electron chi connectivity index (χ4n) is 4.09. The molecule has 0 spiro atoms. The number of amides is 2. The molecule has 1 fully saturated rings. The van der Waals surface area contributed by atoms with Gasteiger partial charge in [-0.2, -0.15) is 0 Å². The lowest BCUT2D eigenvalue weighted by Gasteiger charge is -2.36. The van der Waals surface area contributed by atoms with Crippen molar-refractivity contribution in [2.75, 3.05) is 44.8 Å². The van der Waals surface area contributed by atoms with Crippen LogP contribution in [0.5, 0.6) is 5.75 Å². The maximum atomic E-state index is 13.3. The second kappa shape index (κ2) is 10.3. The normalized spacial score (nSPS) is 24.9. The van der Waals surface area contributed by atoms with Gasteiger partial charge in [0.15, 0.2) is 0 Å². The van der Waals surface area contributed by atoms with E-state index < -0.39 is 10.0 Å². The van der Waals surface area contributed by atoms with Crippen LogP contribution in [-0.4, -0.2) is 82.3 Å². The molecule has 0 bridgehead atoms. The first-order chi connectivity index (χ1) is 15.5. The van der Waals surface area contributed by atoms with Crippen LogP contribution in [-0.2, 0) is 19.6 Å². The van der Waals surface area contributed by atoms with Gasteiger partial charge in [-0.25, -0.2) is 8.42 Å². The zero-order valence-corrected chi connectivity index (χ0v) is 20.9. The Hall–Kier alpha value is -2.33. The van der Waals surface area contributed by atoms with E-state index in [1.807, 2.05) is 18.7 Å². The summed E-state index contributed by atoms with van der Waals surface area (Å²) in [6.07, 6.45) is 3.53. The molecule has 3 atom stereocenters. The van der Waals surface area contributed by atoms with Gasteiger partial charge in [-0.05, 0) is 43.9 Å². The van der Waals surface area contributed by atoms with E-state index in [0.717, 1.165) is 19.1 Å². The summed E-state index contributed by atoms with van der Waals surface area (Å²) in [5.74, 6) is 0.629. The third kappa shape index (κ3) is 6.83. The highest BCUT2D eigenvalue weighted by atomic mass is 32.2. The van der Waals surface area contributed by atoms with Crippen LogP contribution in [0.15, 0.2) is 18.2 Å². The number of carbonyl (C=O) groups excluding carboxylic acids is 2. The van der Waals surface area contributed by atoms with E-state index in [9.17, 15) is 18.0 Å². The van der Waals surface area contributed by atoms with Gasteiger partial charge in [0.05, 0.1) is 24.0 Å². The summed E-state index contributed by atoms with van der Waals surface area (Å²) in [6.45, 7) is 5.01. The van der Waals surface area contributed by atoms with Gasteiger partial charge in [0.2, 0.25) is 15.9 Å². The van der Waals surface area contributed by atoms with Crippen molar-refractivity contribution in [3.63, 3.8) is 0 Å². The van der Waals surface area contributed by atoms with Crippen molar-refractivity contribution in [1.29, 1.82) is 0 Å². The summed E-state index contributed by atoms with van der Waals surface area (Å²) in [5, 5.41) is 0. The Bertz CT molecular complexity index is 978. The number of hydrogen-bond acceptors (Lipinski definition) is 6. The summed E-state index contributed by atoms with van der Waals surface area (Å²) in [5.41, 5.74) is 0.525. The van der Waals surface area contributed by atoms with Gasteiger partial charge >= 0.3 is 0 Å². The van der Waals surface area contributed by atoms with Crippen molar-refractivity contribution in [1.82, 2.24) is 9.80 Å². The SMILES string of the molecule is CO[C@H]1CN(C)C(=O)c2cc(NS(C)(=O)=O)ccc2OC[C@H](C)N(C(=O)CC2CC2)C[C@@H]1C. The Morgan fingerprint density at radius 3 is 2.55 bits per heavy atom. The lowest BCUT2D eigenvalue weighted by molar-refractivity contribution is -0.135. The first-order valence-corrected chi connectivity index (χ1v) is 13.2. The summed E-state index contributed by atoms with van der Waals surface area (Å²) in [4.78, 5) is 29.7. The smallest absolute Gasteiger partial charge is 0.257 e. The van der Waals surface area contributed by atoms with E-state index in [4.69, 9.17) is 9.47 Å². The largest absolute Gasteiger partial charge is 0.491 e. The Balaban J connectivity index is 1.94. The van der Waals surface area contributed by atoms with Gasteiger partial charge in [0.25, 0.3) is 5.91 Å². The highest BCUT2D eigenvalue weighted by Gasteiger charge is 2.33. The fourth-order valence-corrected chi connectivity index (χ4v) is 4.64. The minimum atomic E-state index is -3.51. The second-order valence-electron chi connectivity index (χ2n) is 9.38. The number of nitrogens with zero attached hydrogens (tertiary/aromatic N) is 2. The van der Waals surface area contributed by atoms with Crippen LogP contribution in [0.3, 0.4) is 0 Å². The van der Waals surface area contributed by atoms with Crippen LogP contribution >= 0.6 is 0 Å². The number of fused-ring (bicyclic) bond motifs is 1. The predicted octanol–water partition coefficient (Wildman–Crippen LogP) is 2.19. The van der Waals surface area contributed by atoms with Crippen molar-refractivity contribution in [3.8, 4) is 5.75 Å². The fraction of sp³-hybridized carbons (Fsp3) is 0.652. The molecule has 2 amide bonds. The molecule has 1 aliphatic carbocycles. The Kier molecular flexibility index (Phi) is 7.89. The third-order valence-corrected chi connectivity index (χ3v) is 6.83. The molecule has 1 saturated carbocycles. The van der Waals surface area contributed by atoms with Crippen molar-refractivity contribution >= 4 is 27.5 Å². The quantitative estimate of drug-likeness (QED) is 0.691. The number of methoxy groups -OCH3 is 1. The number of carbonyl (C=O) groups is 2. The molecule has 0 radical (unpaired) electrons. The van der Waals surface area contributed by atoms with Gasteiger partial charge in [0, 0.05) is 45.3 Å². The van der Waals surface area contributed by atoms with Gasteiger partial charge in [-0.3, -0.25) is 14.3 Å². The number of benzene rings is 1. The molecule has 0 unspecified atom stereocenters. The minimum absolute atomic E-state index is 0.00650. The van der Waals surface area contributed by atoms with Crippen LogP contribution in [0.1, 0.15) is 43.5 Å². The van der Waals surface area contributed by atoms with Gasteiger partial charge in [-0.1, -0.05) is 6.92 Å². The summed E-state index contributed by atoms with van der Waals surface area (Å²) in [6, 6.07) is 4.41. The van der Waals surface area contributed by atoms with Crippen LogP contribution in [0.4, 0.5) is 5.69 Å². The molecule has 9 nitrogen and oxygen atoms in total. The molecular formula is C23H35N3O6S. The molecule has 1 aromatic carbocycles. The first kappa shape index (κ1) is 25.3. The molecule has 0 saturated heterocycles. The van der Waals surface area contributed by atoms with E-state index >= 15 is 0 Å². The monoisotopic (exact) mass is 481 g/mol. The number of hydrogen-bond donors (Lipinski definition) is 1. The highest BCUT2D eigenvalue weighted by molar-refractivity contribution is 7.92. The van der Waals surface area contributed by atoms with Gasteiger partial charge in [0.1, 0.15) is 12.4 Å². The third-order valence-electron chi connectivity index (χ3n) is 6.23. The topological polar surface area (TPSA) is 105 Å². The number of anilines is 1. The van der Waals surface area contributed by atoms with E-state index in [1.54, 1.807) is 31.2 Å². The Morgan fingerprint density at radius 1 is 1.24 bits per heavy atom. The molecule has 33 heavy (non-hydrogen) atoms. The molecule has 2 aliphatic rings. The molecule has 1 aromatic rings. The van der Waals surface area contributed by atoms with Gasteiger partial charge < -0.3 is 19.3 Å². The summed E-state index contributed by atoms with van der Waals surface area (Å²) in [7, 11) is -0.225. The van der Waals surface area contributed by atoms with Gasteiger partial charge in [-0.15, -0.1) is 0 Å². The standard InChI is InChI=1S/C23H35N3O6S/c1-15-12-26(22(27)10-17-6-7-17)16(2)14-32-20-9-8-18(24-33(5,29)30)11-19(20)23(28)25(3)13-21(15)31-4/h8-9,11,15-17,21,24H,6-7,10,12-14H2,1-5H3/t15-,16-,21-/m0/s1. The van der Waals surface area contributed by atoms with Crippen LogP contribution in [0.2, 0.25) is 0 Å². The van der Waals surface area contributed by atoms with Crippen LogP contribution in [0, 0.1) is 11.8 Å². The Morgan fingerprint density at radius 2 is 1.94 bits per heavy atom. The van der Waals surface area contributed by atoms with Crippen LogP contribution in [0.25, 0.3) is 0 Å². The lowest BCUT2D eigenvalue weighted by atomic mass is 10.0. The van der Waals surface area contributed by atoms with Crippen LogP contribution < -0.4 is 9.46 Å². The zero-order chi connectivity index (χ0) is 24.3. The summed E-state index contributed by atoms with van der Waals surface area (Å²) >= 11 is 0. The highest BCUT2D eigenvalue weighted by Crippen LogP contribution is 2.33. The van der Waals surface area contributed by atoms with E-state index in [2.05, 4.69) is 4.72 Å². The Labute approximate surface area is 196 Å². The van der Waals surface area contributed by atoms with E-state index in [-0.39, 0.29) is 47.7 Å². The molecule has 1 heterocycles. The number of rotatable bonds is 5. The lowest BCUT2D eigenvalue weighted by Crippen LogP contribution is -2.48. The van der Waals surface area contributed by atoms with Crippen molar-refractivity contribution < 1.29 is 27.5 Å². The number of ether oxygens (including phenoxy) is 2. The predicted molar refractivity (Wildman–Crippen MR) is 126 cm³/mol. The second-order valence-corrected chi connectivity index (χ2v) is 11.1. The average molecular weight is 482 g/mol. The molecule has 1 aliphatic heterocycles. The minimum Gasteiger partial charge on any atom is -0.491 e. The van der Waals surface area contributed by atoms with E-state index in [0.29, 0.717) is 31.2 Å². The summed E-state index contributed by atoms with van der Waals surface area (Å²) < 4.78 is 37.5. The number of nitrogens with one attached hydrogen (secondary N) is 1. The van der Waals surface area contributed by atoms with E-state index in [1.165, 1.54) is 6.07 Å². The zero-order valence-electron chi connectivity index (χ0n) is 20.0. The molecule has 0 aromatic heterocycles. The molecule has 3 rings (SSSR count).